The van der Waals surface area contributed by atoms with Crippen LogP contribution >= 0.6 is 31.9 Å². The summed E-state index contributed by atoms with van der Waals surface area (Å²) < 4.78 is 1.79. The first-order valence-electron chi connectivity index (χ1n) is 5.38. The summed E-state index contributed by atoms with van der Waals surface area (Å²) in [6.45, 7) is 1.67. The highest BCUT2D eigenvalue weighted by atomic mass is 79.9. The zero-order valence-electron chi connectivity index (χ0n) is 9.96. The number of amides is 1. The molecule has 0 saturated heterocycles. The molecule has 0 unspecified atom stereocenters. The highest BCUT2D eigenvalue weighted by Gasteiger charge is 2.06. The molecule has 1 aromatic rings. The molecule has 0 radical (unpaired) electrons. The Balaban J connectivity index is 2.47. The first kappa shape index (κ1) is 14.7. The molecule has 0 bridgehead atoms. The monoisotopic (exact) mass is 362 g/mol. The first-order valence-corrected chi connectivity index (χ1v) is 6.96. The lowest BCUT2D eigenvalue weighted by Gasteiger charge is -2.10. The molecule has 5 heteroatoms. The van der Waals surface area contributed by atoms with Crippen molar-refractivity contribution in [3.8, 4) is 0 Å². The summed E-state index contributed by atoms with van der Waals surface area (Å²) in [5.41, 5.74) is 0.663. The van der Waals surface area contributed by atoms with E-state index < -0.39 is 0 Å². The summed E-state index contributed by atoms with van der Waals surface area (Å²) >= 11 is 6.73. The Labute approximate surface area is 119 Å². The molecule has 0 aromatic heterocycles. The predicted molar refractivity (Wildman–Crippen MR) is 77.3 cm³/mol. The quantitative estimate of drug-likeness (QED) is 0.816. The molecule has 1 aromatic carbocycles. The van der Waals surface area contributed by atoms with E-state index in [9.17, 15) is 4.79 Å². The fourth-order valence-electron chi connectivity index (χ4n) is 1.38. The van der Waals surface area contributed by atoms with Crippen molar-refractivity contribution in [3.63, 3.8) is 0 Å². The lowest BCUT2D eigenvalue weighted by molar-refractivity contribution is 0.0952. The molecule has 94 valence electrons. The summed E-state index contributed by atoms with van der Waals surface area (Å²) in [6, 6.07) is 5.53. The van der Waals surface area contributed by atoms with E-state index in [1.165, 1.54) is 0 Å². The molecule has 1 N–H and O–H groups in total. The second-order valence-corrected chi connectivity index (χ2v) is 5.90. The van der Waals surface area contributed by atoms with Gasteiger partial charge in [0.25, 0.3) is 5.91 Å². The standard InChI is InChI=1S/C12H16Br2N2O/c1-16(2)5-3-4-15-12(17)9-6-10(13)8-11(14)7-9/h6-8H,3-5H2,1-2H3,(H,15,17). The van der Waals surface area contributed by atoms with Gasteiger partial charge in [-0.2, -0.15) is 0 Å². The van der Waals surface area contributed by atoms with Crippen LogP contribution < -0.4 is 5.32 Å². The molecule has 17 heavy (non-hydrogen) atoms. The number of nitrogens with zero attached hydrogens (tertiary/aromatic N) is 1. The molecule has 0 aliphatic carbocycles. The van der Waals surface area contributed by atoms with Crippen LogP contribution in [0.25, 0.3) is 0 Å². The van der Waals surface area contributed by atoms with E-state index >= 15 is 0 Å². The molecule has 3 nitrogen and oxygen atoms in total. The first-order chi connectivity index (χ1) is 7.99. The second-order valence-electron chi connectivity index (χ2n) is 4.07. The van der Waals surface area contributed by atoms with Gasteiger partial charge in [0, 0.05) is 21.1 Å². The molecule has 0 spiro atoms. The molecule has 0 heterocycles. The largest absolute Gasteiger partial charge is 0.352 e. The number of rotatable bonds is 5. The number of carbonyl (C=O) groups is 1. The maximum Gasteiger partial charge on any atom is 0.251 e. The third-order valence-corrected chi connectivity index (χ3v) is 3.11. The Morgan fingerprint density at radius 2 is 1.82 bits per heavy atom. The van der Waals surface area contributed by atoms with Gasteiger partial charge in [-0.15, -0.1) is 0 Å². The van der Waals surface area contributed by atoms with Crippen molar-refractivity contribution < 1.29 is 4.79 Å². The van der Waals surface area contributed by atoms with Crippen molar-refractivity contribution in [3.05, 3.63) is 32.7 Å². The van der Waals surface area contributed by atoms with Gasteiger partial charge in [-0.1, -0.05) is 31.9 Å². The van der Waals surface area contributed by atoms with Crippen LogP contribution in [-0.2, 0) is 0 Å². The van der Waals surface area contributed by atoms with E-state index in [0.29, 0.717) is 12.1 Å². The van der Waals surface area contributed by atoms with Crippen LogP contribution in [0, 0.1) is 0 Å². The van der Waals surface area contributed by atoms with Crippen molar-refractivity contribution in [2.45, 2.75) is 6.42 Å². The summed E-state index contributed by atoms with van der Waals surface area (Å²) in [7, 11) is 4.04. The van der Waals surface area contributed by atoms with Gasteiger partial charge < -0.3 is 10.2 Å². The van der Waals surface area contributed by atoms with Crippen molar-refractivity contribution in [2.24, 2.45) is 0 Å². The van der Waals surface area contributed by atoms with Gasteiger partial charge in [0.15, 0.2) is 0 Å². The fraction of sp³-hybridized carbons (Fsp3) is 0.417. The van der Waals surface area contributed by atoms with Gasteiger partial charge in [-0.3, -0.25) is 4.79 Å². The predicted octanol–water partition coefficient (Wildman–Crippen LogP) is 2.89. The van der Waals surface area contributed by atoms with E-state index in [0.717, 1.165) is 21.9 Å². The third kappa shape index (κ3) is 5.66. The summed E-state index contributed by atoms with van der Waals surface area (Å²) in [5, 5.41) is 2.90. The van der Waals surface area contributed by atoms with Crippen LogP contribution in [0.5, 0.6) is 0 Å². The number of hydrogen-bond donors (Lipinski definition) is 1. The van der Waals surface area contributed by atoms with Crippen LogP contribution in [0.3, 0.4) is 0 Å². The maximum atomic E-state index is 11.8. The number of carbonyl (C=O) groups excluding carboxylic acids is 1. The highest BCUT2D eigenvalue weighted by molar-refractivity contribution is 9.11. The Morgan fingerprint density at radius 3 is 2.35 bits per heavy atom. The molecular weight excluding hydrogens is 348 g/mol. The summed E-state index contributed by atoms with van der Waals surface area (Å²) in [5.74, 6) is -0.0363. The molecule has 0 aliphatic heterocycles. The third-order valence-electron chi connectivity index (χ3n) is 2.19. The SMILES string of the molecule is CN(C)CCCNC(=O)c1cc(Br)cc(Br)c1. The minimum absolute atomic E-state index is 0.0363. The molecular formula is C12H16Br2N2O. The zero-order chi connectivity index (χ0) is 12.8. The normalized spacial score (nSPS) is 10.6. The average Bonchev–Trinajstić information content (AvgIpc) is 2.22. The van der Waals surface area contributed by atoms with E-state index in [4.69, 9.17) is 0 Å². The molecule has 0 aliphatic rings. The number of halogens is 2. The summed E-state index contributed by atoms with van der Waals surface area (Å²) in [4.78, 5) is 13.9. The number of hydrogen-bond acceptors (Lipinski definition) is 2. The van der Waals surface area contributed by atoms with Crippen molar-refractivity contribution in [2.75, 3.05) is 27.2 Å². The fourth-order valence-corrected chi connectivity index (χ4v) is 2.68. The minimum atomic E-state index is -0.0363. The molecule has 0 fully saturated rings. The van der Waals surface area contributed by atoms with Gasteiger partial charge >= 0.3 is 0 Å². The Morgan fingerprint density at radius 1 is 1.24 bits per heavy atom. The van der Waals surface area contributed by atoms with Crippen LogP contribution in [0.4, 0.5) is 0 Å². The van der Waals surface area contributed by atoms with E-state index in [2.05, 4.69) is 42.1 Å². The molecule has 0 atom stereocenters. The van der Waals surface area contributed by atoms with E-state index in [1.54, 1.807) is 0 Å². The molecule has 1 rings (SSSR count). The molecule has 0 saturated carbocycles. The van der Waals surface area contributed by atoms with Crippen molar-refractivity contribution in [1.29, 1.82) is 0 Å². The Hall–Kier alpha value is -0.390. The zero-order valence-corrected chi connectivity index (χ0v) is 13.1. The van der Waals surface area contributed by atoms with Gasteiger partial charge in [0.2, 0.25) is 0 Å². The van der Waals surface area contributed by atoms with Crippen LogP contribution in [-0.4, -0.2) is 38.0 Å². The topological polar surface area (TPSA) is 32.3 Å². The van der Waals surface area contributed by atoms with Gasteiger partial charge in [0.05, 0.1) is 0 Å². The second kappa shape index (κ2) is 7.13. The number of nitrogens with one attached hydrogen (secondary N) is 1. The van der Waals surface area contributed by atoms with Crippen LogP contribution in [0.2, 0.25) is 0 Å². The number of benzene rings is 1. The smallest absolute Gasteiger partial charge is 0.251 e. The van der Waals surface area contributed by atoms with Gasteiger partial charge in [0.1, 0.15) is 0 Å². The molecule has 1 amide bonds. The van der Waals surface area contributed by atoms with Crippen molar-refractivity contribution in [1.82, 2.24) is 10.2 Å². The van der Waals surface area contributed by atoms with Gasteiger partial charge in [-0.25, -0.2) is 0 Å². The van der Waals surface area contributed by atoms with Crippen molar-refractivity contribution >= 4 is 37.8 Å². The Kier molecular flexibility index (Phi) is 6.16. The van der Waals surface area contributed by atoms with Crippen LogP contribution in [0.15, 0.2) is 27.1 Å². The lowest BCUT2D eigenvalue weighted by Crippen LogP contribution is -2.27. The summed E-state index contributed by atoms with van der Waals surface area (Å²) in [6.07, 6.45) is 0.952. The van der Waals surface area contributed by atoms with Crippen LogP contribution in [0.1, 0.15) is 16.8 Å². The van der Waals surface area contributed by atoms with Gasteiger partial charge in [-0.05, 0) is 45.3 Å². The minimum Gasteiger partial charge on any atom is -0.352 e. The Bertz CT molecular complexity index is 374. The lowest BCUT2D eigenvalue weighted by atomic mass is 10.2. The van der Waals surface area contributed by atoms with E-state index in [1.807, 2.05) is 32.3 Å². The van der Waals surface area contributed by atoms with E-state index in [-0.39, 0.29) is 5.91 Å². The highest BCUT2D eigenvalue weighted by Crippen LogP contribution is 2.19. The average molecular weight is 364 g/mol. The maximum absolute atomic E-state index is 11.8.